The van der Waals surface area contributed by atoms with E-state index in [0.29, 0.717) is 37.4 Å². The maximum absolute atomic E-state index is 12.2. The standard InChI is InChI=1S/C20H25N3O4/c1-23(13-9-15-6-10-21-11-7-15)20(25)19(24)22-12-8-16-4-5-17(26-2)18(14-16)27-3/h4-7,10-11,14H,8-9,12-13H2,1-3H3,(H,22,24). The summed E-state index contributed by atoms with van der Waals surface area (Å²) in [7, 11) is 4.77. The summed E-state index contributed by atoms with van der Waals surface area (Å²) in [5, 5.41) is 2.66. The molecule has 2 aromatic rings. The van der Waals surface area contributed by atoms with Crippen LogP contribution in [0.3, 0.4) is 0 Å². The SMILES string of the molecule is COc1ccc(CCNC(=O)C(=O)N(C)CCc2ccncc2)cc1OC. The Morgan fingerprint density at radius 3 is 2.37 bits per heavy atom. The van der Waals surface area contributed by atoms with Crippen molar-refractivity contribution in [2.45, 2.75) is 12.8 Å². The highest BCUT2D eigenvalue weighted by Crippen LogP contribution is 2.27. The minimum atomic E-state index is -0.604. The third kappa shape index (κ3) is 5.99. The second-order valence-electron chi connectivity index (χ2n) is 6.03. The van der Waals surface area contributed by atoms with Crippen LogP contribution in [0, 0.1) is 0 Å². The number of nitrogens with zero attached hydrogens (tertiary/aromatic N) is 2. The van der Waals surface area contributed by atoms with Gasteiger partial charge >= 0.3 is 11.8 Å². The van der Waals surface area contributed by atoms with E-state index in [1.54, 1.807) is 33.7 Å². The number of likely N-dealkylation sites (N-methyl/N-ethyl adjacent to an activating group) is 1. The zero-order chi connectivity index (χ0) is 19.6. The van der Waals surface area contributed by atoms with E-state index in [1.165, 1.54) is 4.90 Å². The van der Waals surface area contributed by atoms with E-state index in [4.69, 9.17) is 9.47 Å². The molecule has 27 heavy (non-hydrogen) atoms. The quantitative estimate of drug-likeness (QED) is 0.711. The molecule has 0 radical (unpaired) electrons. The third-order valence-corrected chi connectivity index (χ3v) is 4.17. The van der Waals surface area contributed by atoms with E-state index in [2.05, 4.69) is 10.3 Å². The molecule has 0 bridgehead atoms. The number of amides is 2. The first-order valence-corrected chi connectivity index (χ1v) is 8.68. The first kappa shape index (κ1) is 20.2. The van der Waals surface area contributed by atoms with Crippen molar-refractivity contribution in [1.29, 1.82) is 0 Å². The summed E-state index contributed by atoms with van der Waals surface area (Å²) in [5.74, 6) is 0.133. The number of aromatic nitrogens is 1. The zero-order valence-electron chi connectivity index (χ0n) is 15.9. The first-order chi connectivity index (χ1) is 13.0. The van der Waals surface area contributed by atoms with E-state index in [0.717, 1.165) is 11.1 Å². The molecule has 1 aromatic heterocycles. The highest BCUT2D eigenvalue weighted by Gasteiger charge is 2.18. The molecular weight excluding hydrogens is 346 g/mol. The Hall–Kier alpha value is -3.09. The molecule has 0 aliphatic heterocycles. The van der Waals surface area contributed by atoms with Gasteiger partial charge in [0.1, 0.15) is 0 Å². The summed E-state index contributed by atoms with van der Waals surface area (Å²) in [4.78, 5) is 29.6. The topological polar surface area (TPSA) is 80.8 Å². The summed E-state index contributed by atoms with van der Waals surface area (Å²) < 4.78 is 10.5. The van der Waals surface area contributed by atoms with Gasteiger partial charge in [-0.05, 0) is 48.2 Å². The Morgan fingerprint density at radius 1 is 1.00 bits per heavy atom. The lowest BCUT2D eigenvalue weighted by Gasteiger charge is -2.16. The van der Waals surface area contributed by atoms with Crippen LogP contribution >= 0.6 is 0 Å². The highest BCUT2D eigenvalue weighted by atomic mass is 16.5. The molecule has 1 heterocycles. The smallest absolute Gasteiger partial charge is 0.311 e. The molecule has 2 amide bonds. The predicted molar refractivity (Wildman–Crippen MR) is 102 cm³/mol. The molecule has 2 rings (SSSR count). The summed E-state index contributed by atoms with van der Waals surface area (Å²) in [5.41, 5.74) is 2.05. The van der Waals surface area contributed by atoms with Crippen LogP contribution in [-0.4, -0.2) is 56.1 Å². The fourth-order valence-electron chi connectivity index (χ4n) is 2.55. The Morgan fingerprint density at radius 2 is 1.70 bits per heavy atom. The second kappa shape index (κ2) is 10.2. The molecular formula is C20H25N3O4. The van der Waals surface area contributed by atoms with Gasteiger partial charge in [-0.1, -0.05) is 6.07 Å². The van der Waals surface area contributed by atoms with Crippen molar-refractivity contribution in [2.24, 2.45) is 0 Å². The molecule has 0 unspecified atom stereocenters. The van der Waals surface area contributed by atoms with E-state index < -0.39 is 11.8 Å². The van der Waals surface area contributed by atoms with Crippen LogP contribution in [0.4, 0.5) is 0 Å². The van der Waals surface area contributed by atoms with Crippen LogP contribution in [0.15, 0.2) is 42.7 Å². The lowest BCUT2D eigenvalue weighted by molar-refractivity contribution is -0.144. The van der Waals surface area contributed by atoms with Gasteiger partial charge in [-0.25, -0.2) is 0 Å². The fraction of sp³-hybridized carbons (Fsp3) is 0.350. The zero-order valence-corrected chi connectivity index (χ0v) is 15.9. The van der Waals surface area contributed by atoms with Crippen molar-refractivity contribution in [1.82, 2.24) is 15.2 Å². The van der Waals surface area contributed by atoms with Gasteiger partial charge in [-0.3, -0.25) is 14.6 Å². The first-order valence-electron chi connectivity index (χ1n) is 8.68. The molecule has 7 nitrogen and oxygen atoms in total. The Kier molecular flexibility index (Phi) is 7.61. The van der Waals surface area contributed by atoms with E-state index in [1.807, 2.05) is 30.3 Å². The van der Waals surface area contributed by atoms with Crippen molar-refractivity contribution < 1.29 is 19.1 Å². The monoisotopic (exact) mass is 371 g/mol. The van der Waals surface area contributed by atoms with Gasteiger partial charge in [-0.2, -0.15) is 0 Å². The molecule has 7 heteroatoms. The largest absolute Gasteiger partial charge is 0.493 e. The van der Waals surface area contributed by atoms with Gasteiger partial charge in [0.25, 0.3) is 0 Å². The van der Waals surface area contributed by atoms with Crippen LogP contribution in [0.1, 0.15) is 11.1 Å². The number of hydrogen-bond acceptors (Lipinski definition) is 5. The van der Waals surface area contributed by atoms with Crippen LogP contribution < -0.4 is 14.8 Å². The van der Waals surface area contributed by atoms with Gasteiger partial charge in [0.15, 0.2) is 11.5 Å². The number of nitrogens with one attached hydrogen (secondary N) is 1. The van der Waals surface area contributed by atoms with Crippen LogP contribution in [0.25, 0.3) is 0 Å². The minimum Gasteiger partial charge on any atom is -0.493 e. The second-order valence-corrected chi connectivity index (χ2v) is 6.03. The number of hydrogen-bond donors (Lipinski definition) is 1. The minimum absolute atomic E-state index is 0.359. The number of carbonyl (C=O) groups is 2. The average molecular weight is 371 g/mol. The van der Waals surface area contributed by atoms with Crippen molar-refractivity contribution in [3.63, 3.8) is 0 Å². The molecule has 0 saturated carbocycles. The van der Waals surface area contributed by atoms with Crippen molar-refractivity contribution >= 4 is 11.8 Å². The number of carbonyl (C=O) groups excluding carboxylic acids is 2. The number of ether oxygens (including phenoxy) is 2. The molecule has 144 valence electrons. The Bertz CT molecular complexity index is 765. The van der Waals surface area contributed by atoms with Crippen molar-refractivity contribution in [3.8, 4) is 11.5 Å². The van der Waals surface area contributed by atoms with Gasteiger partial charge in [-0.15, -0.1) is 0 Å². The number of methoxy groups -OCH3 is 2. The van der Waals surface area contributed by atoms with Gasteiger partial charge < -0.3 is 19.7 Å². The van der Waals surface area contributed by atoms with E-state index in [9.17, 15) is 9.59 Å². The normalized spacial score (nSPS) is 10.2. The molecule has 0 saturated heterocycles. The molecule has 0 aliphatic rings. The molecule has 0 aliphatic carbocycles. The van der Waals surface area contributed by atoms with Gasteiger partial charge in [0.05, 0.1) is 14.2 Å². The number of rotatable bonds is 8. The molecule has 0 fully saturated rings. The summed E-state index contributed by atoms with van der Waals surface area (Å²) in [6, 6.07) is 9.35. The van der Waals surface area contributed by atoms with E-state index in [-0.39, 0.29) is 0 Å². The van der Waals surface area contributed by atoms with Gasteiger partial charge in [0.2, 0.25) is 0 Å². The molecule has 0 atom stereocenters. The third-order valence-electron chi connectivity index (χ3n) is 4.17. The van der Waals surface area contributed by atoms with Crippen molar-refractivity contribution in [3.05, 3.63) is 53.9 Å². The van der Waals surface area contributed by atoms with E-state index >= 15 is 0 Å². The van der Waals surface area contributed by atoms with Gasteiger partial charge in [0, 0.05) is 32.5 Å². The summed E-state index contributed by atoms with van der Waals surface area (Å²) in [6.45, 7) is 0.824. The lowest BCUT2D eigenvalue weighted by Crippen LogP contribution is -2.42. The highest BCUT2D eigenvalue weighted by molar-refractivity contribution is 6.34. The molecule has 0 spiro atoms. The maximum Gasteiger partial charge on any atom is 0.311 e. The number of benzene rings is 1. The summed E-state index contributed by atoms with van der Waals surface area (Å²) >= 11 is 0. The number of pyridine rings is 1. The summed E-state index contributed by atoms with van der Waals surface area (Å²) in [6.07, 6.45) is 4.67. The van der Waals surface area contributed by atoms with Crippen LogP contribution in [-0.2, 0) is 22.4 Å². The maximum atomic E-state index is 12.2. The Labute approximate surface area is 159 Å². The Balaban J connectivity index is 1.78. The molecule has 1 aromatic carbocycles. The fourth-order valence-corrected chi connectivity index (χ4v) is 2.55. The average Bonchev–Trinajstić information content (AvgIpc) is 2.71. The van der Waals surface area contributed by atoms with Crippen molar-refractivity contribution in [2.75, 3.05) is 34.4 Å². The van der Waals surface area contributed by atoms with Crippen LogP contribution in [0.2, 0.25) is 0 Å². The van der Waals surface area contributed by atoms with Crippen LogP contribution in [0.5, 0.6) is 11.5 Å². The molecule has 1 N–H and O–H groups in total. The lowest BCUT2D eigenvalue weighted by atomic mass is 10.1. The predicted octanol–water partition coefficient (Wildman–Crippen LogP) is 1.46.